The first-order valence-corrected chi connectivity index (χ1v) is 9.74. The van der Waals surface area contributed by atoms with Gasteiger partial charge in [0.15, 0.2) is 0 Å². The van der Waals surface area contributed by atoms with Gasteiger partial charge in [0.1, 0.15) is 23.3 Å². The molecule has 0 fully saturated rings. The van der Waals surface area contributed by atoms with Gasteiger partial charge in [-0.05, 0) is 37.6 Å². The SMILES string of the molecule is CCOc1cc2c(cc1CNC(=O)/C(=C/c1ccccc1)NC(C)=O)O[C@H](C)C2. The van der Waals surface area contributed by atoms with Crippen LogP contribution in [0.1, 0.15) is 37.5 Å². The van der Waals surface area contributed by atoms with E-state index in [1.54, 1.807) is 6.08 Å². The van der Waals surface area contributed by atoms with E-state index in [4.69, 9.17) is 9.47 Å². The molecule has 1 heterocycles. The van der Waals surface area contributed by atoms with Crippen LogP contribution >= 0.6 is 0 Å². The van der Waals surface area contributed by atoms with Crippen molar-refractivity contribution >= 4 is 17.9 Å². The Morgan fingerprint density at radius 1 is 1.24 bits per heavy atom. The van der Waals surface area contributed by atoms with Crippen molar-refractivity contribution in [2.45, 2.75) is 39.8 Å². The van der Waals surface area contributed by atoms with Gasteiger partial charge in [0.2, 0.25) is 5.91 Å². The van der Waals surface area contributed by atoms with Crippen molar-refractivity contribution in [2.24, 2.45) is 0 Å². The summed E-state index contributed by atoms with van der Waals surface area (Å²) in [7, 11) is 0. The molecule has 1 atom stereocenters. The highest BCUT2D eigenvalue weighted by atomic mass is 16.5. The molecule has 1 aliphatic rings. The van der Waals surface area contributed by atoms with E-state index in [0.717, 1.165) is 34.6 Å². The van der Waals surface area contributed by atoms with Crippen molar-refractivity contribution in [1.82, 2.24) is 10.6 Å². The highest BCUT2D eigenvalue weighted by Crippen LogP contribution is 2.35. The lowest BCUT2D eigenvalue weighted by molar-refractivity contribution is -0.122. The van der Waals surface area contributed by atoms with Crippen molar-refractivity contribution in [3.8, 4) is 11.5 Å². The highest BCUT2D eigenvalue weighted by Gasteiger charge is 2.22. The van der Waals surface area contributed by atoms with Gasteiger partial charge < -0.3 is 20.1 Å². The number of fused-ring (bicyclic) bond motifs is 1. The molecule has 6 heteroatoms. The maximum atomic E-state index is 12.7. The summed E-state index contributed by atoms with van der Waals surface area (Å²) in [4.78, 5) is 24.3. The van der Waals surface area contributed by atoms with Crippen LogP contribution in [0, 0.1) is 0 Å². The predicted molar refractivity (Wildman–Crippen MR) is 111 cm³/mol. The van der Waals surface area contributed by atoms with Gasteiger partial charge in [0.05, 0.1) is 6.61 Å². The van der Waals surface area contributed by atoms with Crippen LogP contribution < -0.4 is 20.1 Å². The number of carbonyl (C=O) groups excluding carboxylic acids is 2. The lowest BCUT2D eigenvalue weighted by Crippen LogP contribution is -2.33. The zero-order valence-electron chi connectivity index (χ0n) is 17.0. The monoisotopic (exact) mass is 394 g/mol. The third-order valence-corrected chi connectivity index (χ3v) is 4.48. The van der Waals surface area contributed by atoms with E-state index < -0.39 is 0 Å². The number of carbonyl (C=O) groups is 2. The van der Waals surface area contributed by atoms with Gasteiger partial charge >= 0.3 is 0 Å². The minimum absolute atomic E-state index is 0.129. The topological polar surface area (TPSA) is 76.7 Å². The molecule has 0 radical (unpaired) electrons. The fourth-order valence-electron chi connectivity index (χ4n) is 3.24. The van der Waals surface area contributed by atoms with Gasteiger partial charge in [0, 0.05) is 31.0 Å². The second-order valence-corrected chi connectivity index (χ2v) is 6.97. The summed E-state index contributed by atoms with van der Waals surface area (Å²) in [6.07, 6.45) is 2.62. The van der Waals surface area contributed by atoms with Crippen LogP contribution in [-0.2, 0) is 22.6 Å². The first-order valence-electron chi connectivity index (χ1n) is 9.74. The van der Waals surface area contributed by atoms with E-state index in [1.807, 2.05) is 56.3 Å². The van der Waals surface area contributed by atoms with Gasteiger partial charge in [0.25, 0.3) is 5.91 Å². The third-order valence-electron chi connectivity index (χ3n) is 4.48. The molecular weight excluding hydrogens is 368 g/mol. The van der Waals surface area contributed by atoms with Gasteiger partial charge in [-0.2, -0.15) is 0 Å². The Kier molecular flexibility index (Phi) is 6.54. The van der Waals surface area contributed by atoms with E-state index in [-0.39, 0.29) is 30.2 Å². The molecule has 1 aliphatic heterocycles. The van der Waals surface area contributed by atoms with Gasteiger partial charge in [-0.1, -0.05) is 30.3 Å². The number of hydrogen-bond acceptors (Lipinski definition) is 4. The lowest BCUT2D eigenvalue weighted by atomic mass is 10.1. The Morgan fingerprint density at radius 3 is 2.69 bits per heavy atom. The van der Waals surface area contributed by atoms with Gasteiger partial charge in [-0.3, -0.25) is 9.59 Å². The molecule has 0 aliphatic carbocycles. The molecule has 0 saturated heterocycles. The minimum atomic E-state index is -0.374. The first-order chi connectivity index (χ1) is 14.0. The summed E-state index contributed by atoms with van der Waals surface area (Å²) in [5.74, 6) is 0.878. The van der Waals surface area contributed by atoms with Crippen molar-refractivity contribution in [1.29, 1.82) is 0 Å². The summed E-state index contributed by atoms with van der Waals surface area (Å²) in [6.45, 7) is 6.10. The van der Waals surface area contributed by atoms with Crippen molar-refractivity contribution < 1.29 is 19.1 Å². The van der Waals surface area contributed by atoms with Crippen LogP contribution in [-0.4, -0.2) is 24.5 Å². The second kappa shape index (κ2) is 9.28. The largest absolute Gasteiger partial charge is 0.494 e. The maximum absolute atomic E-state index is 12.7. The average molecular weight is 394 g/mol. The summed E-state index contributed by atoms with van der Waals surface area (Å²) in [6, 6.07) is 13.3. The molecule has 6 nitrogen and oxygen atoms in total. The summed E-state index contributed by atoms with van der Waals surface area (Å²) < 4.78 is 11.6. The minimum Gasteiger partial charge on any atom is -0.494 e. The molecule has 0 aromatic heterocycles. The molecule has 2 N–H and O–H groups in total. The zero-order chi connectivity index (χ0) is 20.8. The number of ether oxygens (including phenoxy) is 2. The van der Waals surface area contributed by atoms with E-state index in [2.05, 4.69) is 10.6 Å². The van der Waals surface area contributed by atoms with Crippen LogP contribution in [0.4, 0.5) is 0 Å². The van der Waals surface area contributed by atoms with Gasteiger partial charge in [-0.25, -0.2) is 0 Å². The Balaban J connectivity index is 1.78. The predicted octanol–water partition coefficient (Wildman–Crippen LogP) is 3.20. The quantitative estimate of drug-likeness (QED) is 0.707. The number of amides is 2. The molecule has 2 amide bonds. The number of nitrogens with one attached hydrogen (secondary N) is 2. The fourth-order valence-corrected chi connectivity index (χ4v) is 3.24. The number of rotatable bonds is 7. The third kappa shape index (κ3) is 5.38. The lowest BCUT2D eigenvalue weighted by Gasteiger charge is -2.14. The first kappa shape index (κ1) is 20.5. The number of hydrogen-bond donors (Lipinski definition) is 2. The smallest absolute Gasteiger partial charge is 0.268 e. The zero-order valence-corrected chi connectivity index (χ0v) is 17.0. The van der Waals surface area contributed by atoms with Crippen LogP contribution in [0.3, 0.4) is 0 Å². The van der Waals surface area contributed by atoms with E-state index in [9.17, 15) is 9.59 Å². The molecule has 152 valence electrons. The van der Waals surface area contributed by atoms with Gasteiger partial charge in [-0.15, -0.1) is 0 Å². The highest BCUT2D eigenvalue weighted by molar-refractivity contribution is 6.00. The standard InChI is InChI=1S/C23H26N2O4/c1-4-28-21-12-18-10-15(2)29-22(18)13-19(21)14-24-23(27)20(25-16(3)26)11-17-8-6-5-7-9-17/h5-9,11-13,15H,4,10,14H2,1-3H3,(H,24,27)(H,25,26)/b20-11-/t15-/m1/s1. The average Bonchev–Trinajstić information content (AvgIpc) is 3.05. The Hall–Kier alpha value is -3.28. The Labute approximate surface area is 170 Å². The van der Waals surface area contributed by atoms with Crippen molar-refractivity contribution in [3.63, 3.8) is 0 Å². The fraction of sp³-hybridized carbons (Fsp3) is 0.304. The summed E-state index contributed by atoms with van der Waals surface area (Å²) >= 11 is 0. The van der Waals surface area contributed by atoms with Crippen LogP contribution in [0.5, 0.6) is 11.5 Å². The van der Waals surface area contributed by atoms with Crippen molar-refractivity contribution in [2.75, 3.05) is 6.61 Å². The molecule has 29 heavy (non-hydrogen) atoms. The van der Waals surface area contributed by atoms with E-state index in [1.165, 1.54) is 6.92 Å². The second-order valence-electron chi connectivity index (χ2n) is 6.97. The van der Waals surface area contributed by atoms with Crippen LogP contribution in [0.25, 0.3) is 6.08 Å². The van der Waals surface area contributed by atoms with Crippen LogP contribution in [0.2, 0.25) is 0 Å². The molecule has 0 saturated carbocycles. The van der Waals surface area contributed by atoms with E-state index in [0.29, 0.717) is 6.61 Å². The molecule has 2 aromatic rings. The maximum Gasteiger partial charge on any atom is 0.268 e. The molecule has 0 bridgehead atoms. The van der Waals surface area contributed by atoms with Crippen LogP contribution in [0.15, 0.2) is 48.2 Å². The van der Waals surface area contributed by atoms with E-state index >= 15 is 0 Å². The van der Waals surface area contributed by atoms with Crippen molar-refractivity contribution in [3.05, 3.63) is 64.9 Å². The number of benzene rings is 2. The summed E-state index contributed by atoms with van der Waals surface area (Å²) in [5.41, 5.74) is 2.95. The molecule has 2 aromatic carbocycles. The molecule has 0 unspecified atom stereocenters. The molecule has 0 spiro atoms. The molecule has 3 rings (SSSR count). The Morgan fingerprint density at radius 2 is 2.00 bits per heavy atom. The Bertz CT molecular complexity index is 922. The summed E-state index contributed by atoms with van der Waals surface area (Å²) in [5, 5.41) is 5.47. The molecular formula is C23H26N2O4. The normalized spacial score (nSPS) is 15.3.